The summed E-state index contributed by atoms with van der Waals surface area (Å²) in [7, 11) is -2.53. The Kier molecular flexibility index (Phi) is 3.76. The normalized spacial score (nSPS) is 11.1. The second-order valence-electron chi connectivity index (χ2n) is 3.36. The van der Waals surface area contributed by atoms with Crippen molar-refractivity contribution in [3.8, 4) is 0 Å². The van der Waals surface area contributed by atoms with Gasteiger partial charge < -0.3 is 5.32 Å². The van der Waals surface area contributed by atoms with Gasteiger partial charge in [-0.2, -0.15) is 5.10 Å². The van der Waals surface area contributed by atoms with Crippen LogP contribution in [0.15, 0.2) is 22.7 Å². The molecule has 0 bridgehead atoms. The first-order valence-corrected chi connectivity index (χ1v) is 7.36. The van der Waals surface area contributed by atoms with Crippen molar-refractivity contribution < 1.29 is 13.3 Å². The minimum atomic E-state index is -4.00. The van der Waals surface area contributed by atoms with Crippen LogP contribution in [0.25, 0.3) is 0 Å². The Morgan fingerprint density at radius 3 is 2.65 bits per heavy atom. The number of aromatic nitrogens is 3. The average molecular weight is 316 g/mol. The molecule has 2 rings (SSSR count). The predicted octanol–water partition coefficient (Wildman–Crippen LogP) is 0.684. The van der Waals surface area contributed by atoms with Gasteiger partial charge in [-0.1, -0.05) is 11.3 Å². The summed E-state index contributed by atoms with van der Waals surface area (Å²) >= 11 is 0.735. The second-order valence-corrected chi connectivity index (χ2v) is 6.32. The standard InChI is InChI=1S/C8H8N6O4S2/c1-9-7-5(14(15)16)4-6(19-7)20(17,18)13-8-10-2-3-11-12-8/h2-4,9H,1H3,(H,10,12,13). The Labute approximate surface area is 117 Å². The van der Waals surface area contributed by atoms with Crippen LogP contribution in [0.3, 0.4) is 0 Å². The lowest BCUT2D eigenvalue weighted by atomic mass is 10.5. The molecule has 12 heteroatoms. The van der Waals surface area contributed by atoms with E-state index in [1.165, 1.54) is 19.4 Å². The van der Waals surface area contributed by atoms with Gasteiger partial charge in [0.15, 0.2) is 5.00 Å². The zero-order valence-electron chi connectivity index (χ0n) is 9.97. The molecule has 0 unspecified atom stereocenters. The molecule has 0 amide bonds. The molecular formula is C8H8N6O4S2. The number of sulfonamides is 1. The lowest BCUT2D eigenvalue weighted by molar-refractivity contribution is -0.383. The van der Waals surface area contributed by atoms with E-state index in [2.05, 4.69) is 25.2 Å². The Morgan fingerprint density at radius 2 is 2.15 bits per heavy atom. The largest absolute Gasteiger partial charge is 0.374 e. The van der Waals surface area contributed by atoms with Crippen molar-refractivity contribution in [2.45, 2.75) is 4.21 Å². The summed E-state index contributed by atoms with van der Waals surface area (Å²) in [6.45, 7) is 0. The zero-order valence-corrected chi connectivity index (χ0v) is 11.6. The molecule has 0 radical (unpaired) electrons. The number of thiophene rings is 1. The first kappa shape index (κ1) is 14.1. The zero-order chi connectivity index (χ0) is 14.8. The van der Waals surface area contributed by atoms with Gasteiger partial charge in [-0.15, -0.1) is 5.10 Å². The molecule has 2 aromatic heterocycles. The van der Waals surface area contributed by atoms with Crippen LogP contribution in [0.5, 0.6) is 0 Å². The highest BCUT2D eigenvalue weighted by atomic mass is 32.2. The highest BCUT2D eigenvalue weighted by Gasteiger charge is 2.26. The molecule has 20 heavy (non-hydrogen) atoms. The molecule has 0 aliphatic carbocycles. The highest BCUT2D eigenvalue weighted by molar-refractivity contribution is 7.94. The fourth-order valence-electron chi connectivity index (χ4n) is 1.27. The van der Waals surface area contributed by atoms with Crippen LogP contribution in [0.2, 0.25) is 0 Å². The van der Waals surface area contributed by atoms with Crippen molar-refractivity contribution in [2.75, 3.05) is 17.1 Å². The Balaban J connectivity index is 2.37. The van der Waals surface area contributed by atoms with E-state index in [1.807, 2.05) is 0 Å². The van der Waals surface area contributed by atoms with E-state index in [-0.39, 0.29) is 20.8 Å². The van der Waals surface area contributed by atoms with Gasteiger partial charge in [0.2, 0.25) is 0 Å². The topological polar surface area (TPSA) is 140 Å². The van der Waals surface area contributed by atoms with E-state index < -0.39 is 14.9 Å². The quantitative estimate of drug-likeness (QED) is 0.606. The molecule has 0 atom stereocenters. The highest BCUT2D eigenvalue weighted by Crippen LogP contribution is 2.36. The van der Waals surface area contributed by atoms with Gasteiger partial charge in [-0.25, -0.2) is 18.1 Å². The van der Waals surface area contributed by atoms with Crippen molar-refractivity contribution in [3.05, 3.63) is 28.6 Å². The summed E-state index contributed by atoms with van der Waals surface area (Å²) in [5, 5.41) is 20.5. The third-order valence-corrected chi connectivity index (χ3v) is 5.03. The smallest absolute Gasteiger partial charge is 0.304 e. The van der Waals surface area contributed by atoms with Gasteiger partial charge in [0.25, 0.3) is 16.0 Å². The third-order valence-electron chi connectivity index (χ3n) is 2.09. The first-order chi connectivity index (χ1) is 9.44. The number of hydrogen-bond acceptors (Lipinski definition) is 9. The molecule has 0 spiro atoms. The number of nitrogens with zero attached hydrogens (tertiary/aromatic N) is 4. The van der Waals surface area contributed by atoms with Crippen LogP contribution in [-0.2, 0) is 10.0 Å². The SMILES string of the molecule is CNc1sc(S(=O)(=O)Nc2nccnn2)cc1[N+](=O)[O-]. The second kappa shape index (κ2) is 5.34. The van der Waals surface area contributed by atoms with Gasteiger partial charge in [0.05, 0.1) is 17.3 Å². The molecule has 0 fully saturated rings. The monoisotopic (exact) mass is 316 g/mol. The average Bonchev–Trinajstić information content (AvgIpc) is 2.84. The number of rotatable bonds is 5. The lowest BCUT2D eigenvalue weighted by Crippen LogP contribution is -2.14. The molecule has 0 aromatic carbocycles. The molecule has 106 valence electrons. The van der Waals surface area contributed by atoms with Crippen LogP contribution in [-0.4, -0.2) is 35.6 Å². The fraction of sp³-hybridized carbons (Fsp3) is 0.125. The molecule has 2 aromatic rings. The Bertz CT molecular complexity index is 729. The van der Waals surface area contributed by atoms with Crippen molar-refractivity contribution >= 4 is 38.0 Å². The van der Waals surface area contributed by atoms with E-state index in [0.717, 1.165) is 17.4 Å². The van der Waals surface area contributed by atoms with Crippen molar-refractivity contribution in [3.63, 3.8) is 0 Å². The van der Waals surface area contributed by atoms with E-state index in [1.54, 1.807) is 0 Å². The maximum Gasteiger partial charge on any atom is 0.304 e. The van der Waals surface area contributed by atoms with Crippen LogP contribution in [0.1, 0.15) is 0 Å². The maximum absolute atomic E-state index is 12.0. The summed E-state index contributed by atoms with van der Waals surface area (Å²) in [5.74, 6) is -0.213. The molecule has 0 saturated carbocycles. The Morgan fingerprint density at radius 1 is 1.40 bits per heavy atom. The number of nitro groups is 1. The maximum atomic E-state index is 12.0. The number of nitrogens with one attached hydrogen (secondary N) is 2. The van der Waals surface area contributed by atoms with Gasteiger partial charge in [0.1, 0.15) is 4.21 Å². The summed E-state index contributed by atoms with van der Waals surface area (Å²) in [6, 6.07) is 0.967. The van der Waals surface area contributed by atoms with Crippen LogP contribution in [0.4, 0.5) is 16.6 Å². The number of hydrogen-bond donors (Lipinski definition) is 2. The molecule has 0 saturated heterocycles. The van der Waals surface area contributed by atoms with Crippen molar-refractivity contribution in [1.29, 1.82) is 0 Å². The molecular weight excluding hydrogens is 308 g/mol. The van der Waals surface area contributed by atoms with Gasteiger partial charge in [-0.3, -0.25) is 10.1 Å². The van der Waals surface area contributed by atoms with Gasteiger partial charge in [0, 0.05) is 13.1 Å². The van der Waals surface area contributed by atoms with Crippen LogP contribution >= 0.6 is 11.3 Å². The van der Waals surface area contributed by atoms with Crippen LogP contribution in [0, 0.1) is 10.1 Å². The van der Waals surface area contributed by atoms with Gasteiger partial charge >= 0.3 is 5.69 Å². The number of anilines is 2. The fourth-order valence-corrected chi connectivity index (χ4v) is 3.50. The molecule has 0 aliphatic rings. The molecule has 0 aliphatic heterocycles. The summed E-state index contributed by atoms with van der Waals surface area (Å²) in [5.41, 5.74) is -0.315. The summed E-state index contributed by atoms with van der Waals surface area (Å²) < 4.78 is 26.0. The van der Waals surface area contributed by atoms with E-state index in [0.29, 0.717) is 0 Å². The third kappa shape index (κ3) is 2.80. The van der Waals surface area contributed by atoms with E-state index in [4.69, 9.17) is 0 Å². The molecule has 10 nitrogen and oxygen atoms in total. The van der Waals surface area contributed by atoms with Crippen molar-refractivity contribution in [1.82, 2.24) is 15.2 Å². The summed E-state index contributed by atoms with van der Waals surface area (Å²) in [6.07, 6.45) is 2.55. The Hall–Kier alpha value is -2.34. The van der Waals surface area contributed by atoms with E-state index in [9.17, 15) is 18.5 Å². The van der Waals surface area contributed by atoms with E-state index >= 15 is 0 Å². The first-order valence-electron chi connectivity index (χ1n) is 5.06. The minimum Gasteiger partial charge on any atom is -0.374 e. The predicted molar refractivity (Wildman–Crippen MR) is 71.2 cm³/mol. The molecule has 2 heterocycles. The van der Waals surface area contributed by atoms with Gasteiger partial charge in [-0.05, 0) is 0 Å². The summed E-state index contributed by atoms with van der Waals surface area (Å²) in [4.78, 5) is 13.8. The lowest BCUT2D eigenvalue weighted by Gasteiger charge is -2.01. The molecule has 2 N–H and O–H groups in total. The van der Waals surface area contributed by atoms with Crippen molar-refractivity contribution in [2.24, 2.45) is 0 Å². The van der Waals surface area contributed by atoms with Crippen LogP contribution < -0.4 is 10.0 Å². The minimum absolute atomic E-state index is 0.141.